The molecule has 1 fully saturated rings. The third-order valence-electron chi connectivity index (χ3n) is 9.79. The smallest absolute Gasteiger partial charge is 0.306 e. The Balaban J connectivity index is 1.85. The predicted octanol–water partition coefficient (Wildman–Crippen LogP) is 5.26. The van der Waals surface area contributed by atoms with Gasteiger partial charge in [-0.2, -0.15) is 0 Å². The number of hydrogen-bond acceptors (Lipinski definition) is 8. The first kappa shape index (κ1) is 41.2. The van der Waals surface area contributed by atoms with E-state index < -0.39 is 56.5 Å². The largest absolute Gasteiger partial charge is 0.459 e. The van der Waals surface area contributed by atoms with E-state index in [1.807, 2.05) is 51.1 Å². The van der Waals surface area contributed by atoms with Crippen molar-refractivity contribution in [2.45, 2.75) is 135 Å². The van der Waals surface area contributed by atoms with Crippen molar-refractivity contribution in [2.75, 3.05) is 12.3 Å². The van der Waals surface area contributed by atoms with Crippen molar-refractivity contribution in [1.29, 1.82) is 0 Å². The minimum atomic E-state index is -3.65. The standard InChI is InChI=1S/C38H60N4O7S/c1-7-8-19-33(43)49-35(26(2)3)34(44)31(21-28-17-13-10-14-18-28)42-37(46)30(32-23-39-25-41-32)22-40-36(45)29(20-27-15-11-9-12-16-27)24-50(47,48)38(4,5)6/h9,11-12,15-16,23,25-26,28-31,34-35,44H,7-8,10,13-14,17-22,24H2,1-6H3,(H,39,41)(H,40,45)(H,42,46)/t29-,30+,31+,34-,35+/m1/s1. The zero-order chi connectivity index (χ0) is 36.9. The molecule has 11 nitrogen and oxygen atoms in total. The van der Waals surface area contributed by atoms with Gasteiger partial charge in [0.2, 0.25) is 11.8 Å². The molecule has 1 aliphatic carbocycles. The second-order valence-electron chi connectivity index (χ2n) is 15.2. The summed E-state index contributed by atoms with van der Waals surface area (Å²) in [4.78, 5) is 47.7. The molecule has 2 aromatic rings. The average molecular weight is 717 g/mol. The molecule has 0 saturated heterocycles. The van der Waals surface area contributed by atoms with Crippen LogP contribution in [-0.4, -0.2) is 76.6 Å². The summed E-state index contributed by atoms with van der Waals surface area (Å²) in [5.41, 5.74) is 1.29. The van der Waals surface area contributed by atoms with Gasteiger partial charge >= 0.3 is 5.97 Å². The van der Waals surface area contributed by atoms with Crippen molar-refractivity contribution in [1.82, 2.24) is 20.6 Å². The van der Waals surface area contributed by atoms with E-state index in [9.17, 15) is 27.9 Å². The fourth-order valence-corrected chi connectivity index (χ4v) is 7.80. The number of nitrogens with zero attached hydrogens (tertiary/aromatic N) is 1. The number of hydrogen-bond donors (Lipinski definition) is 4. The van der Waals surface area contributed by atoms with Gasteiger partial charge in [-0.25, -0.2) is 13.4 Å². The Morgan fingerprint density at radius 3 is 2.32 bits per heavy atom. The number of unbranched alkanes of at least 4 members (excludes halogenated alkanes) is 1. The van der Waals surface area contributed by atoms with Crippen LogP contribution >= 0.6 is 0 Å². The number of aromatic amines is 1. The SMILES string of the molecule is CCCCC(=O)O[C@@H](C(C)C)[C@H](O)[C@H](CC1CCCCC1)NC(=O)[C@@H](CNC(=O)[C@H](Cc1ccccc1)CS(=O)(=O)C(C)(C)C)c1cnc[nH]1. The zero-order valence-electron chi connectivity index (χ0n) is 30.8. The molecule has 0 bridgehead atoms. The number of rotatable bonds is 19. The highest BCUT2D eigenvalue weighted by molar-refractivity contribution is 7.92. The van der Waals surface area contributed by atoms with E-state index in [2.05, 4.69) is 20.6 Å². The molecular weight excluding hydrogens is 657 g/mol. The number of nitrogens with one attached hydrogen (secondary N) is 3. The van der Waals surface area contributed by atoms with Crippen molar-refractivity contribution >= 4 is 27.6 Å². The number of aromatic nitrogens is 2. The fraction of sp³-hybridized carbons (Fsp3) is 0.684. The molecule has 1 heterocycles. The minimum Gasteiger partial charge on any atom is -0.459 e. The highest BCUT2D eigenvalue weighted by Crippen LogP contribution is 2.30. The van der Waals surface area contributed by atoms with Gasteiger partial charge in [-0.3, -0.25) is 14.4 Å². The summed E-state index contributed by atoms with van der Waals surface area (Å²) < 4.78 is 31.3. The summed E-state index contributed by atoms with van der Waals surface area (Å²) in [6, 6.07) is 8.55. The van der Waals surface area contributed by atoms with Crippen LogP contribution in [-0.2, 0) is 35.4 Å². The van der Waals surface area contributed by atoms with Crippen LogP contribution in [0.15, 0.2) is 42.9 Å². The Bertz CT molecular complexity index is 1440. The third kappa shape index (κ3) is 12.5. The van der Waals surface area contributed by atoms with Gasteiger partial charge in [0.25, 0.3) is 0 Å². The van der Waals surface area contributed by atoms with Crippen molar-refractivity contribution in [3.63, 3.8) is 0 Å². The van der Waals surface area contributed by atoms with E-state index in [-0.39, 0.29) is 37.0 Å². The van der Waals surface area contributed by atoms with E-state index >= 15 is 0 Å². The van der Waals surface area contributed by atoms with Crippen LogP contribution in [0.25, 0.3) is 0 Å². The maximum atomic E-state index is 14.2. The lowest BCUT2D eigenvalue weighted by Crippen LogP contribution is -2.54. The second-order valence-corrected chi connectivity index (χ2v) is 18.0. The molecule has 280 valence electrons. The Hall–Kier alpha value is -3.25. The number of H-pyrrole nitrogens is 1. The first-order valence-corrected chi connectivity index (χ1v) is 20.0. The van der Waals surface area contributed by atoms with Crippen molar-refractivity contribution in [2.24, 2.45) is 17.8 Å². The second kappa shape index (κ2) is 19.4. The molecule has 1 aromatic carbocycles. The van der Waals surface area contributed by atoms with Gasteiger partial charge in [0, 0.05) is 24.9 Å². The van der Waals surface area contributed by atoms with Crippen LogP contribution in [0, 0.1) is 17.8 Å². The number of benzene rings is 1. The Morgan fingerprint density at radius 2 is 1.74 bits per heavy atom. The normalized spacial score (nSPS) is 17.4. The molecule has 0 spiro atoms. The quantitative estimate of drug-likeness (QED) is 0.143. The van der Waals surface area contributed by atoms with Crippen LogP contribution in [0.1, 0.15) is 117 Å². The highest BCUT2D eigenvalue weighted by atomic mass is 32.2. The van der Waals surface area contributed by atoms with Crippen LogP contribution in [0.5, 0.6) is 0 Å². The zero-order valence-corrected chi connectivity index (χ0v) is 31.6. The van der Waals surface area contributed by atoms with E-state index in [0.29, 0.717) is 24.5 Å². The van der Waals surface area contributed by atoms with E-state index in [0.717, 1.165) is 44.1 Å². The van der Waals surface area contributed by atoms with E-state index in [1.54, 1.807) is 20.8 Å². The van der Waals surface area contributed by atoms with Crippen molar-refractivity contribution < 1.29 is 32.6 Å². The van der Waals surface area contributed by atoms with Crippen LogP contribution < -0.4 is 10.6 Å². The number of aliphatic hydroxyl groups is 1. The lowest BCUT2D eigenvalue weighted by molar-refractivity contribution is -0.160. The number of carbonyl (C=O) groups is 3. The number of esters is 1. The summed E-state index contributed by atoms with van der Waals surface area (Å²) >= 11 is 0. The maximum Gasteiger partial charge on any atom is 0.306 e. The number of aliphatic hydroxyl groups excluding tert-OH is 1. The number of carbonyl (C=O) groups excluding carboxylic acids is 3. The molecule has 12 heteroatoms. The van der Waals surface area contributed by atoms with Gasteiger partial charge < -0.3 is 25.5 Å². The maximum absolute atomic E-state index is 14.2. The van der Waals surface area contributed by atoms with Gasteiger partial charge in [-0.05, 0) is 57.4 Å². The van der Waals surface area contributed by atoms with Gasteiger partial charge in [-0.15, -0.1) is 0 Å². The third-order valence-corrected chi connectivity index (χ3v) is 12.5. The minimum absolute atomic E-state index is 0.125. The Morgan fingerprint density at radius 1 is 1.06 bits per heavy atom. The van der Waals surface area contributed by atoms with Crippen molar-refractivity contribution in [3.8, 4) is 0 Å². The summed E-state index contributed by atoms with van der Waals surface area (Å²) in [6.07, 6.45) is 8.82. The first-order chi connectivity index (χ1) is 23.6. The van der Waals surface area contributed by atoms with E-state index in [4.69, 9.17) is 4.74 Å². The average Bonchev–Trinajstić information content (AvgIpc) is 3.60. The molecule has 4 N–H and O–H groups in total. The summed E-state index contributed by atoms with van der Waals surface area (Å²) in [7, 11) is -3.65. The summed E-state index contributed by atoms with van der Waals surface area (Å²) in [6.45, 7) is 10.5. The Labute approximate surface area is 299 Å². The summed E-state index contributed by atoms with van der Waals surface area (Å²) in [5.74, 6) is -3.33. The topological polar surface area (TPSA) is 168 Å². The van der Waals surface area contributed by atoms with Crippen LogP contribution in [0.4, 0.5) is 0 Å². The predicted molar refractivity (Wildman–Crippen MR) is 195 cm³/mol. The molecule has 5 atom stereocenters. The van der Waals surface area contributed by atoms with Crippen molar-refractivity contribution in [3.05, 3.63) is 54.1 Å². The number of ether oxygens (including phenoxy) is 1. The molecule has 0 unspecified atom stereocenters. The van der Waals surface area contributed by atoms with Crippen LogP contribution in [0.3, 0.4) is 0 Å². The molecule has 0 radical (unpaired) electrons. The molecule has 0 aliphatic heterocycles. The molecule has 50 heavy (non-hydrogen) atoms. The Kier molecular flexibility index (Phi) is 16.0. The number of sulfone groups is 1. The lowest BCUT2D eigenvalue weighted by atomic mass is 9.82. The van der Waals surface area contributed by atoms with E-state index in [1.165, 1.54) is 12.5 Å². The molecule has 1 saturated carbocycles. The summed E-state index contributed by atoms with van der Waals surface area (Å²) in [5, 5.41) is 17.7. The molecule has 2 amide bonds. The molecule has 3 rings (SSSR count). The number of amides is 2. The molecule has 1 aliphatic rings. The monoisotopic (exact) mass is 716 g/mol. The highest BCUT2D eigenvalue weighted by Gasteiger charge is 2.38. The van der Waals surface area contributed by atoms with Gasteiger partial charge in [0.05, 0.1) is 34.7 Å². The molecular formula is C38H60N4O7S. The number of imidazole rings is 1. The first-order valence-electron chi connectivity index (χ1n) is 18.3. The van der Waals surface area contributed by atoms with Gasteiger partial charge in [0.15, 0.2) is 9.84 Å². The van der Waals surface area contributed by atoms with Gasteiger partial charge in [-0.1, -0.05) is 89.6 Å². The fourth-order valence-electron chi connectivity index (χ4n) is 6.50. The molecule has 1 aromatic heterocycles. The van der Waals surface area contributed by atoms with Gasteiger partial charge in [0.1, 0.15) is 12.2 Å². The lowest BCUT2D eigenvalue weighted by Gasteiger charge is -2.36. The van der Waals surface area contributed by atoms with Crippen LogP contribution in [0.2, 0.25) is 0 Å².